The van der Waals surface area contributed by atoms with Gasteiger partial charge in [0.25, 0.3) is 5.91 Å². The van der Waals surface area contributed by atoms with Gasteiger partial charge < -0.3 is 15.5 Å². The van der Waals surface area contributed by atoms with Crippen molar-refractivity contribution in [1.29, 1.82) is 0 Å². The van der Waals surface area contributed by atoms with E-state index in [1.165, 1.54) is 10.6 Å². The number of aromatic nitrogens is 5. The quantitative estimate of drug-likeness (QED) is 0.405. The van der Waals surface area contributed by atoms with E-state index in [4.69, 9.17) is 5.73 Å². The molecule has 0 atom stereocenters. The lowest BCUT2D eigenvalue weighted by molar-refractivity contribution is 0.0787. The summed E-state index contributed by atoms with van der Waals surface area (Å²) >= 11 is 0. The van der Waals surface area contributed by atoms with Gasteiger partial charge in [-0.3, -0.25) is 4.79 Å². The highest BCUT2D eigenvalue weighted by Crippen LogP contribution is 2.24. The van der Waals surface area contributed by atoms with Crippen molar-refractivity contribution >= 4 is 34.2 Å². The van der Waals surface area contributed by atoms with Gasteiger partial charge in [0.1, 0.15) is 22.8 Å². The molecule has 0 aliphatic carbocycles. The second-order valence-corrected chi connectivity index (χ2v) is 8.78. The molecule has 1 aliphatic rings. The van der Waals surface area contributed by atoms with Crippen LogP contribution in [0.2, 0.25) is 0 Å². The highest BCUT2D eigenvalue weighted by Gasteiger charge is 2.18. The zero-order valence-electron chi connectivity index (χ0n) is 19.4. The molecule has 1 aliphatic heterocycles. The Morgan fingerprint density at radius 3 is 2.71 bits per heavy atom. The minimum atomic E-state index is -0.799. The van der Waals surface area contributed by atoms with Crippen molar-refractivity contribution in [3.8, 4) is 0 Å². The fraction of sp³-hybridized carbons (Fsp3) is 0.375. The number of pyridine rings is 1. The third-order valence-electron chi connectivity index (χ3n) is 6.24. The highest BCUT2D eigenvalue weighted by molar-refractivity contribution is 5.93. The fourth-order valence-electron chi connectivity index (χ4n) is 4.40. The Bertz CT molecular complexity index is 1400. The average Bonchev–Trinajstić information content (AvgIpc) is 3.53. The molecule has 11 heteroatoms. The van der Waals surface area contributed by atoms with Crippen LogP contribution in [0.25, 0.3) is 16.6 Å². The lowest BCUT2D eigenvalue weighted by atomic mass is 10.2. The molecule has 1 aromatic carbocycles. The largest absolute Gasteiger partial charge is 0.368 e. The van der Waals surface area contributed by atoms with E-state index < -0.39 is 11.6 Å². The fourth-order valence-corrected chi connectivity index (χ4v) is 4.40. The van der Waals surface area contributed by atoms with Crippen LogP contribution < -0.4 is 10.6 Å². The number of anilines is 2. The number of hydrogen-bond acceptors (Lipinski definition) is 7. The molecule has 2 N–H and O–H groups in total. The Morgan fingerprint density at radius 1 is 1.11 bits per heavy atom. The second kappa shape index (κ2) is 9.40. The number of amides is 1. The number of hydrogen-bond donors (Lipinski definition) is 1. The topological polar surface area (TPSA) is 106 Å². The van der Waals surface area contributed by atoms with Crippen LogP contribution in [0.3, 0.4) is 0 Å². The number of unbranched alkanes of at least 4 members (excludes halogenated alkanes) is 1. The van der Waals surface area contributed by atoms with Crippen LogP contribution in [-0.2, 0) is 6.42 Å². The number of nitrogens with zero attached hydrogens (tertiary/aromatic N) is 7. The van der Waals surface area contributed by atoms with Gasteiger partial charge in [0.2, 0.25) is 5.95 Å². The maximum absolute atomic E-state index is 14.1. The summed E-state index contributed by atoms with van der Waals surface area (Å²) in [7, 11) is 1.76. The molecule has 35 heavy (non-hydrogen) atoms. The molecule has 1 amide bonds. The number of fused-ring (bicyclic) bond motifs is 3. The zero-order valence-corrected chi connectivity index (χ0v) is 19.4. The van der Waals surface area contributed by atoms with Gasteiger partial charge in [-0.1, -0.05) is 6.07 Å². The van der Waals surface area contributed by atoms with E-state index >= 15 is 0 Å². The summed E-state index contributed by atoms with van der Waals surface area (Å²) in [5, 5.41) is 4.56. The monoisotopic (exact) mass is 480 g/mol. The Morgan fingerprint density at radius 2 is 1.91 bits per heavy atom. The Hall–Kier alpha value is -3.89. The summed E-state index contributed by atoms with van der Waals surface area (Å²) < 4.78 is 29.2. The predicted molar refractivity (Wildman–Crippen MR) is 128 cm³/mol. The molecular weight excluding hydrogens is 454 g/mol. The van der Waals surface area contributed by atoms with Crippen LogP contribution in [0.5, 0.6) is 0 Å². The first-order chi connectivity index (χ1) is 16.9. The van der Waals surface area contributed by atoms with E-state index in [1.807, 2.05) is 12.1 Å². The van der Waals surface area contributed by atoms with E-state index in [2.05, 4.69) is 25.0 Å². The molecule has 4 aromatic rings. The van der Waals surface area contributed by atoms with Crippen LogP contribution in [0, 0.1) is 11.6 Å². The molecule has 4 heterocycles. The van der Waals surface area contributed by atoms with Crippen LogP contribution in [0.1, 0.15) is 42.0 Å². The molecule has 5 rings (SSSR count). The number of halogens is 2. The predicted octanol–water partition coefficient (Wildman–Crippen LogP) is 3.23. The Balaban J connectivity index is 1.21. The van der Waals surface area contributed by atoms with E-state index in [0.717, 1.165) is 44.2 Å². The molecule has 0 spiro atoms. The summed E-state index contributed by atoms with van der Waals surface area (Å²) in [5.74, 6) is -0.324. The van der Waals surface area contributed by atoms with Crippen molar-refractivity contribution in [1.82, 2.24) is 29.5 Å². The molecule has 3 aromatic heterocycles. The van der Waals surface area contributed by atoms with E-state index in [9.17, 15) is 13.6 Å². The van der Waals surface area contributed by atoms with Crippen molar-refractivity contribution in [2.75, 3.05) is 37.3 Å². The third kappa shape index (κ3) is 4.58. The molecule has 0 radical (unpaired) electrons. The van der Waals surface area contributed by atoms with Crippen molar-refractivity contribution in [3.63, 3.8) is 0 Å². The second-order valence-electron chi connectivity index (χ2n) is 8.78. The maximum Gasteiger partial charge on any atom is 0.272 e. The number of nitrogens with two attached hydrogens (primary N) is 1. The summed E-state index contributed by atoms with van der Waals surface area (Å²) in [5.41, 5.74) is 6.57. The number of rotatable bonds is 7. The summed E-state index contributed by atoms with van der Waals surface area (Å²) in [4.78, 5) is 29.7. The molecule has 1 saturated heterocycles. The molecule has 9 nitrogen and oxygen atoms in total. The summed E-state index contributed by atoms with van der Waals surface area (Å²) in [6.45, 7) is 2.49. The lowest BCUT2D eigenvalue weighted by Crippen LogP contribution is -2.29. The van der Waals surface area contributed by atoms with E-state index in [-0.39, 0.29) is 28.4 Å². The third-order valence-corrected chi connectivity index (χ3v) is 6.24. The van der Waals surface area contributed by atoms with Crippen LogP contribution >= 0.6 is 0 Å². The van der Waals surface area contributed by atoms with Gasteiger partial charge >= 0.3 is 0 Å². The zero-order chi connectivity index (χ0) is 24.5. The van der Waals surface area contributed by atoms with Gasteiger partial charge in [0, 0.05) is 39.2 Å². The Labute approximate surface area is 200 Å². The average molecular weight is 481 g/mol. The first-order valence-corrected chi connectivity index (χ1v) is 11.7. The number of nitrogen functional groups attached to an aromatic ring is 1. The lowest BCUT2D eigenvalue weighted by Gasteiger charge is -2.19. The molecule has 0 saturated carbocycles. The number of aryl methyl sites for hydroxylation is 1. The molecular formula is C24H26F2N8O. The molecule has 0 unspecified atom stereocenters. The minimum Gasteiger partial charge on any atom is -0.368 e. The molecule has 1 fully saturated rings. The van der Waals surface area contributed by atoms with Gasteiger partial charge in [0.05, 0.1) is 5.39 Å². The minimum absolute atomic E-state index is 0.0225. The Kier molecular flexibility index (Phi) is 6.14. The van der Waals surface area contributed by atoms with Gasteiger partial charge in [-0.2, -0.15) is 4.52 Å². The first kappa shape index (κ1) is 22.9. The van der Waals surface area contributed by atoms with Gasteiger partial charge in [-0.05, 0) is 43.9 Å². The first-order valence-electron chi connectivity index (χ1n) is 11.7. The molecule has 0 bridgehead atoms. The number of benzene rings is 1. The van der Waals surface area contributed by atoms with E-state index in [0.29, 0.717) is 30.9 Å². The smallest absolute Gasteiger partial charge is 0.272 e. The normalized spacial score (nSPS) is 13.7. The van der Waals surface area contributed by atoms with Gasteiger partial charge in [-0.15, -0.1) is 5.10 Å². The van der Waals surface area contributed by atoms with E-state index in [1.54, 1.807) is 18.0 Å². The maximum atomic E-state index is 14.1. The standard InChI is InChI=1S/C24H26F2N8O/c1-32(23(35)18-7-6-9-20(28-18)33-11-4-5-12-33)10-3-2-8-19-29-22-16-13-15(25)14-17(26)21(16)30-24(27)34(22)31-19/h6-7,9,13-14H,2-5,8,10-12H2,1H3,(H2,27,30). The van der Waals surface area contributed by atoms with Crippen molar-refractivity contribution in [3.05, 3.63) is 53.5 Å². The van der Waals surface area contributed by atoms with Crippen molar-refractivity contribution in [2.45, 2.75) is 32.1 Å². The summed E-state index contributed by atoms with van der Waals surface area (Å²) in [6.07, 6.45) is 4.25. The SMILES string of the molecule is CN(CCCCc1nc2c3cc(F)cc(F)c3nc(N)n2n1)C(=O)c1cccc(N2CCCC2)n1. The number of carbonyl (C=O) groups is 1. The number of carbonyl (C=O) groups excluding carboxylic acids is 1. The van der Waals surface area contributed by atoms with Crippen LogP contribution in [0.4, 0.5) is 20.5 Å². The van der Waals surface area contributed by atoms with Crippen LogP contribution in [-0.4, -0.2) is 62.1 Å². The summed E-state index contributed by atoms with van der Waals surface area (Å²) in [6, 6.07) is 7.49. The van der Waals surface area contributed by atoms with Gasteiger partial charge in [0.15, 0.2) is 17.3 Å². The van der Waals surface area contributed by atoms with Gasteiger partial charge in [-0.25, -0.2) is 23.7 Å². The van der Waals surface area contributed by atoms with Crippen molar-refractivity contribution < 1.29 is 13.6 Å². The van der Waals surface area contributed by atoms with Crippen molar-refractivity contribution in [2.24, 2.45) is 0 Å². The van der Waals surface area contributed by atoms with Crippen LogP contribution in [0.15, 0.2) is 30.3 Å². The highest BCUT2D eigenvalue weighted by atomic mass is 19.1. The molecule has 182 valence electrons.